The highest BCUT2D eigenvalue weighted by molar-refractivity contribution is 6.30. The number of aromatic nitrogens is 6. The van der Waals surface area contributed by atoms with Crippen molar-refractivity contribution in [3.8, 4) is 0 Å². The Labute approximate surface area is 136 Å². The van der Waals surface area contributed by atoms with Gasteiger partial charge in [0.1, 0.15) is 12.9 Å². The molecule has 0 saturated heterocycles. The molecule has 0 radical (unpaired) electrons. The lowest BCUT2D eigenvalue weighted by Gasteiger charge is -2.10. The lowest BCUT2D eigenvalue weighted by Crippen LogP contribution is -2.13. The van der Waals surface area contributed by atoms with Crippen molar-refractivity contribution in [2.75, 3.05) is 0 Å². The maximum absolute atomic E-state index is 11.9. The molecule has 0 unspecified atom stereocenters. The third kappa shape index (κ3) is 3.72. The monoisotopic (exact) mass is 332 g/mol. The number of ether oxygens (including phenoxy) is 1. The van der Waals surface area contributed by atoms with Crippen LogP contribution in [0.5, 0.6) is 0 Å². The Bertz CT molecular complexity index is 815. The average Bonchev–Trinajstić information content (AvgIpc) is 3.18. The van der Waals surface area contributed by atoms with Crippen LogP contribution < -0.4 is 0 Å². The van der Waals surface area contributed by atoms with Gasteiger partial charge in [-0.2, -0.15) is 4.80 Å². The van der Waals surface area contributed by atoms with Crippen molar-refractivity contribution in [3.63, 3.8) is 0 Å². The Morgan fingerprint density at radius 2 is 2.22 bits per heavy atom. The molecule has 2 heterocycles. The van der Waals surface area contributed by atoms with E-state index in [0.717, 1.165) is 11.1 Å². The van der Waals surface area contributed by atoms with Gasteiger partial charge < -0.3 is 4.74 Å². The van der Waals surface area contributed by atoms with Crippen LogP contribution in [-0.4, -0.2) is 35.9 Å². The molecule has 23 heavy (non-hydrogen) atoms. The minimum Gasteiger partial charge on any atom is -0.444 e. The molecule has 0 amide bonds. The fraction of sp³-hybridized carbons (Fsp3) is 0.214. The molecule has 9 heteroatoms. The molecule has 1 aromatic carbocycles. The van der Waals surface area contributed by atoms with Crippen molar-refractivity contribution in [2.24, 2.45) is 0 Å². The van der Waals surface area contributed by atoms with E-state index in [1.54, 1.807) is 19.1 Å². The second-order valence-corrected chi connectivity index (χ2v) is 5.24. The molecule has 3 aromatic rings. The molecule has 0 aliphatic heterocycles. The van der Waals surface area contributed by atoms with E-state index in [2.05, 4.69) is 20.4 Å². The van der Waals surface area contributed by atoms with Crippen LogP contribution in [0.3, 0.4) is 0 Å². The lowest BCUT2D eigenvalue weighted by molar-refractivity contribution is 0.141. The first kappa shape index (κ1) is 15.2. The van der Waals surface area contributed by atoms with E-state index in [9.17, 15) is 4.79 Å². The molecule has 0 atom stereocenters. The van der Waals surface area contributed by atoms with E-state index >= 15 is 0 Å². The lowest BCUT2D eigenvalue weighted by atomic mass is 10.1. The summed E-state index contributed by atoms with van der Waals surface area (Å²) in [4.78, 5) is 17.1. The van der Waals surface area contributed by atoms with Crippen LogP contribution in [0.1, 0.15) is 17.0 Å². The summed E-state index contributed by atoms with van der Waals surface area (Å²) in [5, 5.41) is 12.5. The van der Waals surface area contributed by atoms with Gasteiger partial charge in [-0.3, -0.25) is 0 Å². The largest absolute Gasteiger partial charge is 0.444 e. The molecule has 8 nitrogen and oxygen atoms in total. The third-order valence-corrected chi connectivity index (χ3v) is 3.33. The van der Waals surface area contributed by atoms with Crippen molar-refractivity contribution in [1.29, 1.82) is 0 Å². The molecule has 3 rings (SSSR count). The van der Waals surface area contributed by atoms with Crippen molar-refractivity contribution in [2.45, 2.75) is 20.1 Å². The quantitative estimate of drug-likeness (QED) is 0.726. The summed E-state index contributed by atoms with van der Waals surface area (Å²) in [6.07, 6.45) is 3.91. The Hall–Kier alpha value is -2.74. The summed E-state index contributed by atoms with van der Waals surface area (Å²) in [5.74, 6) is 0.583. The number of hydrogen-bond acceptors (Lipinski definition) is 6. The van der Waals surface area contributed by atoms with E-state index in [1.165, 1.54) is 28.1 Å². The molecule has 0 aliphatic carbocycles. The number of nitrogens with zero attached hydrogens (tertiary/aromatic N) is 6. The van der Waals surface area contributed by atoms with E-state index < -0.39 is 6.09 Å². The first-order chi connectivity index (χ1) is 11.1. The van der Waals surface area contributed by atoms with E-state index in [-0.39, 0.29) is 6.61 Å². The number of halogens is 1. The maximum atomic E-state index is 11.9. The topological polar surface area (TPSA) is 87.7 Å². The van der Waals surface area contributed by atoms with E-state index in [0.29, 0.717) is 17.4 Å². The van der Waals surface area contributed by atoms with Gasteiger partial charge in [0.05, 0.1) is 6.54 Å². The van der Waals surface area contributed by atoms with Crippen LogP contribution in [0, 0.1) is 6.92 Å². The van der Waals surface area contributed by atoms with Gasteiger partial charge in [-0.25, -0.2) is 14.3 Å². The molecule has 0 N–H and O–H groups in total. The fourth-order valence-electron chi connectivity index (χ4n) is 2.01. The number of carbonyl (C=O) groups is 1. The van der Waals surface area contributed by atoms with Crippen molar-refractivity contribution in [1.82, 2.24) is 29.8 Å². The van der Waals surface area contributed by atoms with Gasteiger partial charge in [-0.1, -0.05) is 17.7 Å². The van der Waals surface area contributed by atoms with Gasteiger partial charge in [0.25, 0.3) is 0 Å². The fourth-order valence-corrected chi connectivity index (χ4v) is 2.20. The van der Waals surface area contributed by atoms with Crippen LogP contribution >= 0.6 is 11.6 Å². The molecule has 0 aliphatic rings. The summed E-state index contributed by atoms with van der Waals surface area (Å²) >= 11 is 6.05. The Morgan fingerprint density at radius 3 is 2.91 bits per heavy atom. The summed E-state index contributed by atoms with van der Waals surface area (Å²) < 4.78 is 6.53. The number of imidazole rings is 1. The SMILES string of the molecule is Cc1nnn(Cc2cc(Cl)ccc2COC(=O)n2ccnc2)n1. The maximum Gasteiger partial charge on any atom is 0.419 e. The Morgan fingerprint density at radius 1 is 1.35 bits per heavy atom. The molecular formula is C14H13ClN6O2. The number of tetrazole rings is 1. The number of benzene rings is 1. The molecular weight excluding hydrogens is 320 g/mol. The predicted molar refractivity (Wildman–Crippen MR) is 80.9 cm³/mol. The zero-order chi connectivity index (χ0) is 16.2. The van der Waals surface area contributed by atoms with Crippen LogP contribution in [0.25, 0.3) is 0 Å². The molecule has 0 saturated carbocycles. The summed E-state index contributed by atoms with van der Waals surface area (Å²) in [6, 6.07) is 5.34. The van der Waals surface area contributed by atoms with E-state index in [1.807, 2.05) is 6.07 Å². The van der Waals surface area contributed by atoms with Gasteiger partial charge in [-0.15, -0.1) is 10.2 Å². The zero-order valence-electron chi connectivity index (χ0n) is 12.3. The first-order valence-electron chi connectivity index (χ1n) is 6.78. The van der Waals surface area contributed by atoms with Crippen LogP contribution in [0.2, 0.25) is 5.02 Å². The number of hydrogen-bond donors (Lipinski definition) is 0. The van der Waals surface area contributed by atoms with Crippen LogP contribution in [-0.2, 0) is 17.9 Å². The summed E-state index contributed by atoms with van der Waals surface area (Å²) in [7, 11) is 0. The molecule has 0 spiro atoms. The number of carbonyl (C=O) groups excluding carboxylic acids is 1. The standard InChI is InChI=1S/C14H13ClN6O2/c1-10-17-19-21(18-10)7-12-6-13(15)3-2-11(12)8-23-14(22)20-5-4-16-9-20/h2-6,9H,7-8H2,1H3. The minimum absolute atomic E-state index is 0.108. The van der Waals surface area contributed by atoms with Gasteiger partial charge in [0.2, 0.25) is 0 Å². The smallest absolute Gasteiger partial charge is 0.419 e. The van der Waals surface area contributed by atoms with Gasteiger partial charge in [0.15, 0.2) is 5.82 Å². The van der Waals surface area contributed by atoms with Gasteiger partial charge in [-0.05, 0) is 35.4 Å². The van der Waals surface area contributed by atoms with Gasteiger partial charge in [0, 0.05) is 17.4 Å². The Balaban J connectivity index is 1.74. The number of aryl methyl sites for hydroxylation is 1. The Kier molecular flexibility index (Phi) is 4.33. The zero-order valence-corrected chi connectivity index (χ0v) is 13.0. The molecule has 0 bridgehead atoms. The summed E-state index contributed by atoms with van der Waals surface area (Å²) in [5.41, 5.74) is 1.67. The van der Waals surface area contributed by atoms with Crippen molar-refractivity contribution >= 4 is 17.7 Å². The second-order valence-electron chi connectivity index (χ2n) is 4.80. The highest BCUT2D eigenvalue weighted by Crippen LogP contribution is 2.18. The summed E-state index contributed by atoms with van der Waals surface area (Å²) in [6.45, 7) is 2.26. The average molecular weight is 333 g/mol. The first-order valence-corrected chi connectivity index (χ1v) is 7.16. The predicted octanol–water partition coefficient (Wildman–Crippen LogP) is 2.06. The van der Waals surface area contributed by atoms with Crippen LogP contribution in [0.4, 0.5) is 4.79 Å². The number of rotatable bonds is 4. The highest BCUT2D eigenvalue weighted by Gasteiger charge is 2.10. The van der Waals surface area contributed by atoms with Crippen LogP contribution in [0.15, 0.2) is 36.9 Å². The second kappa shape index (κ2) is 6.57. The minimum atomic E-state index is -0.502. The van der Waals surface area contributed by atoms with Crippen molar-refractivity contribution < 1.29 is 9.53 Å². The van der Waals surface area contributed by atoms with Gasteiger partial charge >= 0.3 is 6.09 Å². The molecule has 118 valence electrons. The van der Waals surface area contributed by atoms with Crippen molar-refractivity contribution in [3.05, 3.63) is 58.9 Å². The third-order valence-electron chi connectivity index (χ3n) is 3.10. The normalized spacial score (nSPS) is 10.7. The highest BCUT2D eigenvalue weighted by atomic mass is 35.5. The molecule has 2 aromatic heterocycles. The van der Waals surface area contributed by atoms with E-state index in [4.69, 9.17) is 16.3 Å². The molecule has 0 fully saturated rings.